The lowest BCUT2D eigenvalue weighted by atomic mass is 9.84. The van der Waals surface area contributed by atoms with Gasteiger partial charge >= 0.3 is 6.18 Å². The van der Waals surface area contributed by atoms with Crippen molar-refractivity contribution in [1.82, 2.24) is 0 Å². The van der Waals surface area contributed by atoms with Crippen molar-refractivity contribution in [2.75, 3.05) is 0 Å². The van der Waals surface area contributed by atoms with E-state index >= 15 is 0 Å². The smallest absolute Gasteiger partial charge is 0.293 e. The Morgan fingerprint density at radius 1 is 1.44 bits per heavy atom. The van der Waals surface area contributed by atoms with Crippen LogP contribution in [0.5, 0.6) is 0 Å². The Hall–Kier alpha value is -1.17. The molecule has 1 aliphatic carbocycles. The fourth-order valence-corrected chi connectivity index (χ4v) is 2.70. The van der Waals surface area contributed by atoms with Crippen LogP contribution in [0.4, 0.5) is 13.2 Å². The second kappa shape index (κ2) is 3.69. The van der Waals surface area contributed by atoms with Gasteiger partial charge < -0.3 is 0 Å². The van der Waals surface area contributed by atoms with Gasteiger partial charge in [0.2, 0.25) is 5.78 Å². The number of halogens is 3. The van der Waals surface area contributed by atoms with E-state index in [9.17, 15) is 22.8 Å². The normalized spacial score (nSPS) is 20.7. The van der Waals surface area contributed by atoms with Crippen molar-refractivity contribution in [1.29, 1.82) is 0 Å². The van der Waals surface area contributed by atoms with Gasteiger partial charge in [0.1, 0.15) is 0 Å². The molecule has 0 fully saturated rings. The molecule has 2 nitrogen and oxygen atoms in total. The van der Waals surface area contributed by atoms with Gasteiger partial charge in [-0.1, -0.05) is 0 Å². The molecule has 1 heterocycles. The average Bonchev–Trinajstić information content (AvgIpc) is 2.64. The first-order valence-corrected chi connectivity index (χ1v) is 5.51. The number of thiophene rings is 1. The zero-order chi connectivity index (χ0) is 11.9. The lowest BCUT2D eigenvalue weighted by Crippen LogP contribution is -2.37. The molecule has 2 rings (SSSR count). The van der Waals surface area contributed by atoms with Crippen LogP contribution in [0.15, 0.2) is 11.4 Å². The van der Waals surface area contributed by atoms with Crippen molar-refractivity contribution in [2.24, 2.45) is 5.92 Å². The topological polar surface area (TPSA) is 34.1 Å². The van der Waals surface area contributed by atoms with E-state index in [0.29, 0.717) is 6.42 Å². The zero-order valence-corrected chi connectivity index (χ0v) is 8.82. The third-order valence-corrected chi connectivity index (χ3v) is 3.56. The van der Waals surface area contributed by atoms with Crippen LogP contribution in [-0.4, -0.2) is 17.7 Å². The van der Waals surface area contributed by atoms with E-state index in [1.54, 1.807) is 5.38 Å². The zero-order valence-electron chi connectivity index (χ0n) is 8.00. The van der Waals surface area contributed by atoms with Crippen LogP contribution in [-0.2, 0) is 11.2 Å². The number of ketones is 2. The highest BCUT2D eigenvalue weighted by Crippen LogP contribution is 2.33. The third kappa shape index (κ3) is 1.77. The number of carbonyl (C=O) groups is 2. The van der Waals surface area contributed by atoms with E-state index in [4.69, 9.17) is 0 Å². The highest BCUT2D eigenvalue weighted by molar-refractivity contribution is 7.10. The molecule has 6 heteroatoms. The molecule has 0 aliphatic heterocycles. The van der Waals surface area contributed by atoms with E-state index in [2.05, 4.69) is 0 Å². The molecule has 0 N–H and O–H groups in total. The van der Waals surface area contributed by atoms with E-state index in [1.165, 1.54) is 17.4 Å². The molecule has 0 saturated heterocycles. The summed E-state index contributed by atoms with van der Waals surface area (Å²) in [6.45, 7) is 0. The molecule has 0 aromatic carbocycles. The number of hydrogen-bond acceptors (Lipinski definition) is 3. The minimum Gasteiger partial charge on any atom is -0.293 e. The van der Waals surface area contributed by atoms with Crippen LogP contribution >= 0.6 is 11.3 Å². The van der Waals surface area contributed by atoms with E-state index in [-0.39, 0.29) is 12.0 Å². The first-order valence-electron chi connectivity index (χ1n) is 4.63. The highest BCUT2D eigenvalue weighted by Gasteiger charge is 2.47. The maximum absolute atomic E-state index is 12.2. The monoisotopic (exact) mass is 248 g/mol. The minimum atomic E-state index is -4.92. The van der Waals surface area contributed by atoms with E-state index < -0.39 is 23.7 Å². The molecule has 16 heavy (non-hydrogen) atoms. The lowest BCUT2D eigenvalue weighted by Gasteiger charge is -2.20. The van der Waals surface area contributed by atoms with Crippen LogP contribution in [0.2, 0.25) is 0 Å². The molecular weight excluding hydrogens is 241 g/mol. The summed E-state index contributed by atoms with van der Waals surface area (Å²) in [5.41, 5.74) is 0.277. The van der Waals surface area contributed by atoms with Crippen molar-refractivity contribution in [3.63, 3.8) is 0 Å². The van der Waals surface area contributed by atoms with Crippen LogP contribution in [0.1, 0.15) is 21.7 Å². The van der Waals surface area contributed by atoms with Gasteiger partial charge in [-0.05, 0) is 24.3 Å². The summed E-state index contributed by atoms with van der Waals surface area (Å²) in [6, 6.07) is 1.48. The van der Waals surface area contributed by atoms with E-state index in [0.717, 1.165) is 4.88 Å². The van der Waals surface area contributed by atoms with Crippen LogP contribution in [0, 0.1) is 5.92 Å². The van der Waals surface area contributed by atoms with Crippen molar-refractivity contribution < 1.29 is 22.8 Å². The number of carbonyl (C=O) groups excluding carboxylic acids is 2. The second-order valence-electron chi connectivity index (χ2n) is 3.57. The molecule has 0 radical (unpaired) electrons. The number of fused-ring (bicyclic) bond motifs is 1. The first-order chi connectivity index (χ1) is 7.41. The van der Waals surface area contributed by atoms with Crippen LogP contribution in [0.3, 0.4) is 0 Å². The summed E-state index contributed by atoms with van der Waals surface area (Å²) in [7, 11) is 0. The molecule has 1 unspecified atom stereocenters. The molecule has 0 bridgehead atoms. The Bertz CT molecular complexity index is 447. The number of alkyl halides is 3. The molecule has 0 saturated carbocycles. The van der Waals surface area contributed by atoms with Gasteiger partial charge in [0, 0.05) is 10.4 Å². The predicted octanol–water partition coefficient (Wildman–Crippen LogP) is 2.62. The Morgan fingerprint density at radius 3 is 2.75 bits per heavy atom. The molecule has 1 atom stereocenters. The standard InChI is InChI=1S/C10H7F3O2S/c11-10(12,13)9(15)6-1-2-7-5(8(6)14)3-4-16-7/h3-4,6H,1-2H2. The molecule has 86 valence electrons. The van der Waals surface area contributed by atoms with Gasteiger partial charge in [0.15, 0.2) is 5.78 Å². The molecule has 1 aromatic rings. The summed E-state index contributed by atoms with van der Waals surface area (Å²) in [5.74, 6) is -4.15. The highest BCUT2D eigenvalue weighted by atomic mass is 32.1. The number of rotatable bonds is 1. The van der Waals surface area contributed by atoms with Gasteiger partial charge in [-0.15, -0.1) is 11.3 Å². The summed E-state index contributed by atoms with van der Waals surface area (Å²) in [5, 5.41) is 1.66. The van der Waals surface area contributed by atoms with Gasteiger partial charge in [0.05, 0.1) is 5.92 Å². The molecule has 1 aliphatic rings. The van der Waals surface area contributed by atoms with Gasteiger partial charge in [-0.3, -0.25) is 9.59 Å². The predicted molar refractivity (Wildman–Crippen MR) is 51.5 cm³/mol. The summed E-state index contributed by atoms with van der Waals surface area (Å²) in [6.07, 6.45) is -4.59. The Labute approximate surface area is 93.1 Å². The second-order valence-corrected chi connectivity index (χ2v) is 4.58. The SMILES string of the molecule is O=C1c2ccsc2CCC1C(=O)C(F)(F)F. The van der Waals surface area contributed by atoms with Gasteiger partial charge in [-0.25, -0.2) is 0 Å². The fourth-order valence-electron chi connectivity index (χ4n) is 1.80. The largest absolute Gasteiger partial charge is 0.450 e. The maximum atomic E-state index is 12.2. The number of hydrogen-bond donors (Lipinski definition) is 0. The van der Waals surface area contributed by atoms with E-state index in [1.807, 2.05) is 0 Å². The van der Waals surface area contributed by atoms with Crippen molar-refractivity contribution in [2.45, 2.75) is 19.0 Å². The summed E-state index contributed by atoms with van der Waals surface area (Å²) < 4.78 is 36.6. The molecular formula is C10H7F3O2S. The summed E-state index contributed by atoms with van der Waals surface area (Å²) >= 11 is 1.34. The quantitative estimate of drug-likeness (QED) is 0.716. The van der Waals surface area contributed by atoms with Crippen LogP contribution < -0.4 is 0 Å². The fraction of sp³-hybridized carbons (Fsp3) is 0.400. The Balaban J connectivity index is 2.29. The van der Waals surface area contributed by atoms with Crippen molar-refractivity contribution >= 4 is 22.9 Å². The third-order valence-electron chi connectivity index (χ3n) is 2.58. The van der Waals surface area contributed by atoms with Gasteiger partial charge in [-0.2, -0.15) is 13.2 Å². The Kier molecular flexibility index (Phi) is 2.61. The number of Topliss-reactive ketones (excluding diaryl/α,β-unsaturated/α-hetero) is 2. The minimum absolute atomic E-state index is 0.0370. The Morgan fingerprint density at radius 2 is 2.12 bits per heavy atom. The lowest BCUT2D eigenvalue weighted by molar-refractivity contribution is -0.174. The van der Waals surface area contributed by atoms with Crippen LogP contribution in [0.25, 0.3) is 0 Å². The van der Waals surface area contributed by atoms with Crippen molar-refractivity contribution in [3.8, 4) is 0 Å². The molecule has 0 amide bonds. The number of aryl methyl sites for hydroxylation is 1. The summed E-state index contributed by atoms with van der Waals surface area (Å²) in [4.78, 5) is 23.4. The molecule has 1 aromatic heterocycles. The molecule has 0 spiro atoms. The average molecular weight is 248 g/mol. The van der Waals surface area contributed by atoms with Gasteiger partial charge in [0.25, 0.3) is 0 Å². The first kappa shape index (κ1) is 11.3. The maximum Gasteiger partial charge on any atom is 0.450 e. The van der Waals surface area contributed by atoms with Crippen molar-refractivity contribution in [3.05, 3.63) is 21.9 Å².